The maximum atomic E-state index is 13.8. The predicted octanol–water partition coefficient (Wildman–Crippen LogP) is 6.05. The summed E-state index contributed by atoms with van der Waals surface area (Å²) in [6.07, 6.45) is 1.01. The molecule has 1 aliphatic rings. The maximum Gasteiger partial charge on any atom is 0.335 e. The third-order valence-corrected chi connectivity index (χ3v) is 6.41. The highest BCUT2D eigenvalue weighted by Gasteiger charge is 2.36. The normalized spacial score (nSPS) is 14.5. The van der Waals surface area contributed by atoms with Crippen molar-refractivity contribution in [3.05, 3.63) is 76.9 Å². The van der Waals surface area contributed by atoms with Crippen molar-refractivity contribution in [2.75, 3.05) is 31.3 Å². The van der Waals surface area contributed by atoms with Gasteiger partial charge in [-0.2, -0.15) is 0 Å². The molecule has 0 bridgehead atoms. The molecule has 0 saturated heterocycles. The minimum Gasteiger partial charge on any atom is -0.490 e. The van der Waals surface area contributed by atoms with Crippen LogP contribution in [0, 0.1) is 0 Å². The Balaban J connectivity index is 1.92. The number of anilines is 1. The first kappa shape index (κ1) is 27.8. The quantitative estimate of drug-likeness (QED) is 0.303. The number of carbonyl (C=O) groups is 2. The first-order chi connectivity index (χ1) is 18.9. The molecule has 1 heterocycles. The lowest BCUT2D eigenvalue weighted by Gasteiger charge is -2.38. The number of amides is 1. The number of carboxylic acid groups (broad SMARTS) is 1. The van der Waals surface area contributed by atoms with Gasteiger partial charge in [0.05, 0.1) is 44.5 Å². The largest absolute Gasteiger partial charge is 0.490 e. The predicted molar refractivity (Wildman–Crippen MR) is 149 cm³/mol. The van der Waals surface area contributed by atoms with Crippen LogP contribution >= 0.6 is 0 Å². The number of hydrogen-bond donors (Lipinski definition) is 1. The SMILES string of the molecule is CCCOc1cc2c(cc1OCC)C(c1ccc(OCC)c(OCC)c1)N(c1ccc(C(=O)O)cc1)C(=O)C2. The number of aromatic carboxylic acids is 1. The summed E-state index contributed by atoms with van der Waals surface area (Å²) in [4.78, 5) is 26.9. The second-order valence-electron chi connectivity index (χ2n) is 9.05. The fourth-order valence-corrected chi connectivity index (χ4v) is 4.77. The van der Waals surface area contributed by atoms with E-state index in [1.54, 1.807) is 17.0 Å². The number of benzene rings is 3. The summed E-state index contributed by atoms with van der Waals surface area (Å²) < 4.78 is 23.6. The maximum absolute atomic E-state index is 13.8. The van der Waals surface area contributed by atoms with E-state index in [4.69, 9.17) is 18.9 Å². The molecule has 0 aliphatic carbocycles. The highest BCUT2D eigenvalue weighted by atomic mass is 16.5. The van der Waals surface area contributed by atoms with Crippen LogP contribution in [0.25, 0.3) is 0 Å². The van der Waals surface area contributed by atoms with E-state index in [0.717, 1.165) is 23.1 Å². The van der Waals surface area contributed by atoms with E-state index in [-0.39, 0.29) is 17.9 Å². The standard InChI is InChI=1S/C31H35NO7/c1-5-15-39-27-17-22-18-29(33)32(23-12-9-20(10-13-23)31(34)35)30(24(22)19-28(27)38-8-4)21-11-14-25(36-6-2)26(16-21)37-7-3/h9-14,16-17,19,30H,5-8,15,18H2,1-4H3,(H,34,35). The lowest BCUT2D eigenvalue weighted by molar-refractivity contribution is -0.118. The number of fused-ring (bicyclic) bond motifs is 1. The third-order valence-electron chi connectivity index (χ3n) is 6.41. The summed E-state index contributed by atoms with van der Waals surface area (Å²) in [5.74, 6) is 1.30. The van der Waals surface area contributed by atoms with Gasteiger partial charge in [0.25, 0.3) is 0 Å². The minimum atomic E-state index is -1.03. The average Bonchev–Trinajstić information content (AvgIpc) is 2.93. The summed E-state index contributed by atoms with van der Waals surface area (Å²) in [5, 5.41) is 9.39. The fourth-order valence-electron chi connectivity index (χ4n) is 4.77. The van der Waals surface area contributed by atoms with Gasteiger partial charge in [-0.15, -0.1) is 0 Å². The Morgan fingerprint density at radius 2 is 1.44 bits per heavy atom. The van der Waals surface area contributed by atoms with E-state index in [1.165, 1.54) is 12.1 Å². The van der Waals surface area contributed by atoms with Crippen LogP contribution in [0.15, 0.2) is 54.6 Å². The molecule has 206 valence electrons. The number of carbonyl (C=O) groups excluding carboxylic acids is 1. The molecular formula is C31H35NO7. The summed E-state index contributed by atoms with van der Waals surface area (Å²) in [6.45, 7) is 9.72. The molecule has 0 aromatic heterocycles. The third kappa shape index (κ3) is 5.95. The molecule has 0 saturated carbocycles. The number of carboxylic acids is 1. The second kappa shape index (κ2) is 12.6. The first-order valence-corrected chi connectivity index (χ1v) is 13.4. The van der Waals surface area contributed by atoms with Crippen molar-refractivity contribution in [3.8, 4) is 23.0 Å². The van der Waals surface area contributed by atoms with Gasteiger partial charge in [-0.25, -0.2) is 4.79 Å². The Morgan fingerprint density at radius 1 is 0.821 bits per heavy atom. The molecule has 1 aliphatic heterocycles. The average molecular weight is 534 g/mol. The molecule has 8 nitrogen and oxygen atoms in total. The van der Waals surface area contributed by atoms with Crippen LogP contribution in [0.2, 0.25) is 0 Å². The Bertz CT molecular complexity index is 1320. The molecule has 1 amide bonds. The van der Waals surface area contributed by atoms with Crippen molar-refractivity contribution < 1.29 is 33.6 Å². The zero-order valence-electron chi connectivity index (χ0n) is 22.9. The van der Waals surface area contributed by atoms with Gasteiger partial charge < -0.3 is 29.0 Å². The Morgan fingerprint density at radius 3 is 2.05 bits per heavy atom. The van der Waals surface area contributed by atoms with Crippen molar-refractivity contribution in [1.82, 2.24) is 0 Å². The highest BCUT2D eigenvalue weighted by molar-refractivity contribution is 5.99. The molecule has 0 spiro atoms. The van der Waals surface area contributed by atoms with E-state index < -0.39 is 12.0 Å². The van der Waals surface area contributed by atoms with Gasteiger partial charge in [0.2, 0.25) is 5.91 Å². The summed E-state index contributed by atoms with van der Waals surface area (Å²) >= 11 is 0. The van der Waals surface area contributed by atoms with Crippen LogP contribution in [-0.4, -0.2) is 43.4 Å². The molecule has 3 aromatic rings. The Hall–Kier alpha value is -4.20. The van der Waals surface area contributed by atoms with Gasteiger partial charge in [0.15, 0.2) is 23.0 Å². The molecule has 0 fully saturated rings. The van der Waals surface area contributed by atoms with E-state index >= 15 is 0 Å². The smallest absolute Gasteiger partial charge is 0.335 e. The molecule has 39 heavy (non-hydrogen) atoms. The second-order valence-corrected chi connectivity index (χ2v) is 9.05. The van der Waals surface area contributed by atoms with Crippen LogP contribution in [0.4, 0.5) is 5.69 Å². The van der Waals surface area contributed by atoms with Crippen molar-refractivity contribution in [2.24, 2.45) is 0 Å². The molecule has 1 unspecified atom stereocenters. The molecule has 1 atom stereocenters. The van der Waals surface area contributed by atoms with Gasteiger partial charge in [-0.1, -0.05) is 13.0 Å². The van der Waals surface area contributed by atoms with Crippen LogP contribution in [0.3, 0.4) is 0 Å². The highest BCUT2D eigenvalue weighted by Crippen LogP contribution is 2.45. The summed E-state index contributed by atoms with van der Waals surface area (Å²) in [5.41, 5.74) is 3.32. The van der Waals surface area contributed by atoms with Crippen molar-refractivity contribution in [1.29, 1.82) is 0 Å². The van der Waals surface area contributed by atoms with Crippen molar-refractivity contribution in [3.63, 3.8) is 0 Å². The van der Waals surface area contributed by atoms with Crippen LogP contribution < -0.4 is 23.8 Å². The molecule has 8 heteroatoms. The first-order valence-electron chi connectivity index (χ1n) is 13.4. The topological polar surface area (TPSA) is 94.5 Å². The van der Waals surface area contributed by atoms with Crippen molar-refractivity contribution >= 4 is 17.6 Å². The summed E-state index contributed by atoms with van der Waals surface area (Å²) in [6, 6.07) is 15.4. The summed E-state index contributed by atoms with van der Waals surface area (Å²) in [7, 11) is 0. The monoisotopic (exact) mass is 533 g/mol. The van der Waals surface area contributed by atoms with Gasteiger partial charge in [-0.05, 0) is 92.4 Å². The Kier molecular flexibility index (Phi) is 8.96. The Labute approximate surface area is 229 Å². The lowest BCUT2D eigenvalue weighted by atomic mass is 9.86. The van der Waals surface area contributed by atoms with Crippen LogP contribution in [0.1, 0.15) is 67.2 Å². The van der Waals surface area contributed by atoms with Gasteiger partial charge >= 0.3 is 5.97 Å². The van der Waals surface area contributed by atoms with Gasteiger partial charge in [-0.3, -0.25) is 4.79 Å². The van der Waals surface area contributed by atoms with E-state index in [2.05, 4.69) is 0 Å². The van der Waals surface area contributed by atoms with Crippen molar-refractivity contribution in [2.45, 2.75) is 46.6 Å². The van der Waals surface area contributed by atoms with Crippen LogP contribution in [-0.2, 0) is 11.2 Å². The molecular weight excluding hydrogens is 498 g/mol. The number of hydrogen-bond acceptors (Lipinski definition) is 6. The number of nitrogens with zero attached hydrogens (tertiary/aromatic N) is 1. The van der Waals surface area contributed by atoms with E-state index in [0.29, 0.717) is 55.1 Å². The van der Waals surface area contributed by atoms with E-state index in [9.17, 15) is 14.7 Å². The number of rotatable bonds is 12. The minimum absolute atomic E-state index is 0.118. The molecule has 3 aromatic carbocycles. The van der Waals surface area contributed by atoms with E-state index in [1.807, 2.05) is 58.0 Å². The van der Waals surface area contributed by atoms with Gasteiger partial charge in [0, 0.05) is 5.69 Å². The molecule has 4 rings (SSSR count). The zero-order chi connectivity index (χ0) is 27.9. The lowest BCUT2D eigenvalue weighted by Crippen LogP contribution is -2.41. The fraction of sp³-hybridized carbons (Fsp3) is 0.355. The number of ether oxygens (including phenoxy) is 4. The molecule has 0 radical (unpaired) electrons. The van der Waals surface area contributed by atoms with Gasteiger partial charge in [0.1, 0.15) is 0 Å². The zero-order valence-corrected chi connectivity index (χ0v) is 22.9. The van der Waals surface area contributed by atoms with Crippen LogP contribution in [0.5, 0.6) is 23.0 Å². The molecule has 1 N–H and O–H groups in total.